The number of hydrogen-bond acceptors (Lipinski definition) is 6. The number of fused-ring (bicyclic) bond motifs is 3. The normalized spacial score (nSPS) is 21.8. The van der Waals surface area contributed by atoms with Gasteiger partial charge in [-0.3, -0.25) is 0 Å². The first-order valence-corrected chi connectivity index (χ1v) is 7.92. The zero-order valence-electron chi connectivity index (χ0n) is 13.1. The van der Waals surface area contributed by atoms with E-state index in [9.17, 15) is 0 Å². The summed E-state index contributed by atoms with van der Waals surface area (Å²) in [7, 11) is 1.62. The van der Waals surface area contributed by atoms with Crippen molar-refractivity contribution in [2.75, 3.05) is 12.8 Å². The van der Waals surface area contributed by atoms with Crippen molar-refractivity contribution in [1.29, 1.82) is 0 Å². The highest BCUT2D eigenvalue weighted by molar-refractivity contribution is 5.95. The zero-order chi connectivity index (χ0) is 16.0. The molecule has 1 fully saturated rings. The molecule has 0 spiro atoms. The molecule has 2 atom stereocenters. The molecular weight excluding hydrogens is 292 g/mol. The number of nitrogens with two attached hydrogens (primary N) is 2. The van der Waals surface area contributed by atoms with Crippen molar-refractivity contribution < 1.29 is 4.74 Å². The molecule has 7 nitrogen and oxygen atoms in total. The summed E-state index contributed by atoms with van der Waals surface area (Å²) < 4.78 is 7.00. The van der Waals surface area contributed by atoms with Gasteiger partial charge in [0.05, 0.1) is 7.11 Å². The molecule has 3 aromatic rings. The molecule has 1 aliphatic rings. The van der Waals surface area contributed by atoms with E-state index in [2.05, 4.69) is 10.1 Å². The van der Waals surface area contributed by atoms with E-state index in [0.717, 1.165) is 42.5 Å². The quantitative estimate of drug-likeness (QED) is 0.748. The van der Waals surface area contributed by atoms with Crippen LogP contribution in [0.5, 0.6) is 5.75 Å². The lowest BCUT2D eigenvalue weighted by Crippen LogP contribution is -2.27. The van der Waals surface area contributed by atoms with E-state index in [0.29, 0.717) is 23.1 Å². The summed E-state index contributed by atoms with van der Waals surface area (Å²) in [5.74, 6) is 2.10. The minimum Gasteiger partial charge on any atom is -0.494 e. The van der Waals surface area contributed by atoms with E-state index in [1.54, 1.807) is 11.6 Å². The summed E-state index contributed by atoms with van der Waals surface area (Å²) in [6.07, 6.45) is 4.18. The molecule has 0 aliphatic heterocycles. The highest BCUT2D eigenvalue weighted by Gasteiger charge is 2.25. The molecule has 2 heterocycles. The molecule has 4 rings (SSSR count). The van der Waals surface area contributed by atoms with Gasteiger partial charge < -0.3 is 16.2 Å². The van der Waals surface area contributed by atoms with Crippen molar-refractivity contribution in [2.24, 2.45) is 5.73 Å². The average molecular weight is 312 g/mol. The smallest absolute Gasteiger partial charge is 0.223 e. The summed E-state index contributed by atoms with van der Waals surface area (Å²) in [6, 6.07) is 5.98. The van der Waals surface area contributed by atoms with Gasteiger partial charge in [-0.2, -0.15) is 4.52 Å². The van der Waals surface area contributed by atoms with Crippen LogP contribution in [0.3, 0.4) is 0 Å². The second-order valence-corrected chi connectivity index (χ2v) is 6.16. The van der Waals surface area contributed by atoms with Crippen molar-refractivity contribution in [2.45, 2.75) is 37.6 Å². The summed E-state index contributed by atoms with van der Waals surface area (Å²) in [6.45, 7) is 0. The molecule has 0 amide bonds. The Balaban J connectivity index is 1.90. The minimum atomic E-state index is 0.229. The van der Waals surface area contributed by atoms with Gasteiger partial charge in [0.15, 0.2) is 11.5 Å². The highest BCUT2D eigenvalue weighted by Crippen LogP contribution is 2.32. The van der Waals surface area contributed by atoms with Gasteiger partial charge in [0, 0.05) is 17.3 Å². The number of methoxy groups -OCH3 is 1. The van der Waals surface area contributed by atoms with Crippen molar-refractivity contribution in [3.63, 3.8) is 0 Å². The van der Waals surface area contributed by atoms with Crippen molar-refractivity contribution in [3.05, 3.63) is 24.0 Å². The molecule has 0 bridgehead atoms. The number of ether oxygens (including phenoxy) is 1. The molecular formula is C16H20N6O. The molecule has 120 valence electrons. The number of aromatic nitrogens is 4. The summed E-state index contributed by atoms with van der Waals surface area (Å²) in [5, 5.41) is 5.48. The molecule has 7 heteroatoms. The molecule has 2 aromatic heterocycles. The van der Waals surface area contributed by atoms with Crippen molar-refractivity contribution >= 4 is 22.5 Å². The van der Waals surface area contributed by atoms with Gasteiger partial charge in [-0.15, -0.1) is 5.10 Å². The number of rotatable bonds is 2. The fourth-order valence-electron chi connectivity index (χ4n) is 3.44. The Morgan fingerprint density at radius 2 is 2.13 bits per heavy atom. The Kier molecular flexibility index (Phi) is 3.30. The second kappa shape index (κ2) is 5.34. The molecule has 1 aliphatic carbocycles. The van der Waals surface area contributed by atoms with E-state index in [-0.39, 0.29) is 6.04 Å². The van der Waals surface area contributed by atoms with Crippen LogP contribution in [0.2, 0.25) is 0 Å². The van der Waals surface area contributed by atoms with Crippen LogP contribution in [0.15, 0.2) is 18.2 Å². The fraction of sp³-hybridized carbons (Fsp3) is 0.438. The van der Waals surface area contributed by atoms with Crippen molar-refractivity contribution in [3.8, 4) is 5.75 Å². The van der Waals surface area contributed by atoms with Crippen LogP contribution in [0.25, 0.3) is 16.6 Å². The zero-order valence-corrected chi connectivity index (χ0v) is 13.1. The van der Waals surface area contributed by atoms with E-state index in [1.807, 2.05) is 18.2 Å². The third-order valence-corrected chi connectivity index (χ3v) is 4.61. The van der Waals surface area contributed by atoms with E-state index < -0.39 is 0 Å². The van der Waals surface area contributed by atoms with Crippen LogP contribution < -0.4 is 16.2 Å². The maximum atomic E-state index is 6.10. The number of hydrogen-bond donors (Lipinski definition) is 2. The molecule has 0 unspecified atom stereocenters. The SMILES string of the molecule is COc1cccc2c1nc(N)n1nc([C@H]3CCC[C@@H](N)C3)nc21. The van der Waals surface area contributed by atoms with Crippen LogP contribution in [0.1, 0.15) is 37.4 Å². The van der Waals surface area contributed by atoms with Crippen LogP contribution in [0.4, 0.5) is 5.95 Å². The lowest BCUT2D eigenvalue weighted by Gasteiger charge is -2.24. The monoisotopic (exact) mass is 312 g/mol. The lowest BCUT2D eigenvalue weighted by atomic mass is 9.86. The van der Waals surface area contributed by atoms with Gasteiger partial charge in [0.25, 0.3) is 0 Å². The fourth-order valence-corrected chi connectivity index (χ4v) is 3.44. The standard InChI is InChI=1S/C16H20N6O/c1-23-12-7-3-6-11-13(12)19-16(18)22-15(11)20-14(21-22)9-4-2-5-10(17)8-9/h3,6-7,9-10H,2,4-5,8,17H2,1H3,(H2,18,19)/t9-,10+/m0/s1. The predicted octanol–water partition coefficient (Wildman–Crippen LogP) is 1.85. The summed E-state index contributed by atoms with van der Waals surface area (Å²) >= 11 is 0. The highest BCUT2D eigenvalue weighted by atomic mass is 16.5. The minimum absolute atomic E-state index is 0.229. The number of nitrogen functional groups attached to an aromatic ring is 1. The average Bonchev–Trinajstić information content (AvgIpc) is 3.01. The molecule has 23 heavy (non-hydrogen) atoms. The van der Waals surface area contributed by atoms with E-state index >= 15 is 0 Å². The maximum absolute atomic E-state index is 6.10. The Labute approximate surface area is 133 Å². The van der Waals surface area contributed by atoms with Crippen molar-refractivity contribution in [1.82, 2.24) is 19.6 Å². The summed E-state index contributed by atoms with van der Waals surface area (Å²) in [5.41, 5.74) is 13.6. The predicted molar refractivity (Wildman–Crippen MR) is 88.4 cm³/mol. The third kappa shape index (κ3) is 2.28. The van der Waals surface area contributed by atoms with Gasteiger partial charge in [0.1, 0.15) is 11.3 Å². The van der Waals surface area contributed by atoms with Gasteiger partial charge in [-0.1, -0.05) is 12.5 Å². The van der Waals surface area contributed by atoms with Crippen LogP contribution in [-0.2, 0) is 0 Å². The number of nitrogens with zero attached hydrogens (tertiary/aromatic N) is 4. The number of anilines is 1. The van der Waals surface area contributed by atoms with E-state index in [1.165, 1.54) is 0 Å². The largest absolute Gasteiger partial charge is 0.494 e. The Bertz CT molecular complexity index is 874. The third-order valence-electron chi connectivity index (χ3n) is 4.61. The van der Waals surface area contributed by atoms with E-state index in [4.69, 9.17) is 21.2 Å². The molecule has 0 saturated heterocycles. The van der Waals surface area contributed by atoms with Crippen LogP contribution in [0, 0.1) is 0 Å². The van der Waals surface area contributed by atoms with Crippen LogP contribution >= 0.6 is 0 Å². The van der Waals surface area contributed by atoms with Gasteiger partial charge in [-0.05, 0) is 31.4 Å². The number of benzene rings is 1. The Hall–Kier alpha value is -2.41. The molecule has 1 aromatic carbocycles. The number of para-hydroxylation sites is 1. The maximum Gasteiger partial charge on any atom is 0.223 e. The first kappa shape index (κ1) is 14.2. The molecule has 1 saturated carbocycles. The van der Waals surface area contributed by atoms with Gasteiger partial charge in [0.2, 0.25) is 5.95 Å². The lowest BCUT2D eigenvalue weighted by molar-refractivity contribution is 0.382. The van der Waals surface area contributed by atoms with Gasteiger partial charge in [-0.25, -0.2) is 9.97 Å². The first-order chi connectivity index (χ1) is 11.2. The molecule has 4 N–H and O–H groups in total. The Morgan fingerprint density at radius 3 is 2.91 bits per heavy atom. The van der Waals surface area contributed by atoms with Gasteiger partial charge >= 0.3 is 0 Å². The topological polar surface area (TPSA) is 104 Å². The Morgan fingerprint density at radius 1 is 1.26 bits per heavy atom. The summed E-state index contributed by atoms with van der Waals surface area (Å²) in [4.78, 5) is 9.19. The second-order valence-electron chi connectivity index (χ2n) is 6.16. The van der Waals surface area contributed by atoms with Crippen LogP contribution in [-0.4, -0.2) is 32.7 Å². The first-order valence-electron chi connectivity index (χ1n) is 7.92. The molecule has 0 radical (unpaired) electrons.